The summed E-state index contributed by atoms with van der Waals surface area (Å²) in [4.78, 5) is 12.2. The molecular formula is C39H43N3O2. The Kier molecular flexibility index (Phi) is 7.03. The highest BCUT2D eigenvalue weighted by Gasteiger charge is 2.38. The minimum atomic E-state index is -0.188. The normalized spacial score (nSPS) is 19.3. The third-order valence-corrected chi connectivity index (χ3v) is 9.69. The number of para-hydroxylation sites is 1. The Bertz CT molecular complexity index is 1740. The largest absolute Gasteiger partial charge is 0.475 e. The molecule has 0 saturated heterocycles. The molecule has 0 bridgehead atoms. The number of rotatable bonds is 5. The van der Waals surface area contributed by atoms with E-state index in [2.05, 4.69) is 119 Å². The molecule has 2 aliphatic heterocycles. The molecule has 0 N–H and O–H groups in total. The van der Waals surface area contributed by atoms with Crippen LogP contribution in [0.5, 0.6) is 11.5 Å². The van der Waals surface area contributed by atoms with E-state index >= 15 is 0 Å². The molecule has 3 heterocycles. The van der Waals surface area contributed by atoms with Crippen molar-refractivity contribution >= 4 is 23.1 Å². The number of benzene rings is 3. The molecular weight excluding hydrogens is 542 g/mol. The van der Waals surface area contributed by atoms with Gasteiger partial charge in [0.05, 0.1) is 17.4 Å². The number of ether oxygens (including phenoxy) is 2. The summed E-state index contributed by atoms with van der Waals surface area (Å²) >= 11 is 0. The van der Waals surface area contributed by atoms with Crippen molar-refractivity contribution < 1.29 is 9.47 Å². The number of hydrogen-bond acceptors (Lipinski definition) is 5. The predicted molar refractivity (Wildman–Crippen MR) is 179 cm³/mol. The number of aryl methyl sites for hydroxylation is 1. The van der Waals surface area contributed by atoms with Gasteiger partial charge in [-0.25, -0.2) is 9.98 Å². The maximum absolute atomic E-state index is 6.61. The summed E-state index contributed by atoms with van der Waals surface area (Å²) in [5, 5.41) is 0. The third kappa shape index (κ3) is 5.16. The van der Waals surface area contributed by atoms with Gasteiger partial charge in [0.1, 0.15) is 23.9 Å². The average molecular weight is 586 g/mol. The smallest absolute Gasteiger partial charge is 0.216 e. The first-order valence-electron chi connectivity index (χ1n) is 16.1. The van der Waals surface area contributed by atoms with Gasteiger partial charge < -0.3 is 9.47 Å². The second-order valence-electron chi connectivity index (χ2n) is 14.3. The Morgan fingerprint density at radius 2 is 1.64 bits per heavy atom. The van der Waals surface area contributed by atoms with Crippen molar-refractivity contribution in [2.45, 2.75) is 84.1 Å². The van der Waals surface area contributed by atoms with E-state index < -0.39 is 0 Å². The molecule has 5 nitrogen and oxygen atoms in total. The van der Waals surface area contributed by atoms with E-state index in [1.165, 1.54) is 42.4 Å². The fourth-order valence-electron chi connectivity index (χ4n) is 7.21. The summed E-state index contributed by atoms with van der Waals surface area (Å²) < 4.78 is 12.7. The number of pyridine rings is 1. The Morgan fingerprint density at radius 1 is 0.864 bits per heavy atom. The molecule has 0 radical (unpaired) electrons. The third-order valence-electron chi connectivity index (χ3n) is 9.69. The van der Waals surface area contributed by atoms with Gasteiger partial charge in [0.2, 0.25) is 5.90 Å². The Balaban J connectivity index is 1.27. The Morgan fingerprint density at radius 3 is 2.43 bits per heavy atom. The van der Waals surface area contributed by atoms with Crippen LogP contribution in [-0.4, -0.2) is 23.5 Å². The van der Waals surface area contributed by atoms with Crippen LogP contribution in [0.15, 0.2) is 84.0 Å². The lowest BCUT2D eigenvalue weighted by Crippen LogP contribution is -2.31. The predicted octanol–water partition coefficient (Wildman–Crippen LogP) is 9.92. The summed E-state index contributed by atoms with van der Waals surface area (Å²) in [5.41, 5.74) is 7.92. The van der Waals surface area contributed by atoms with Crippen LogP contribution >= 0.6 is 0 Å². The summed E-state index contributed by atoms with van der Waals surface area (Å²) in [7, 11) is 0. The van der Waals surface area contributed by atoms with Crippen LogP contribution in [0.2, 0.25) is 0 Å². The van der Waals surface area contributed by atoms with Crippen LogP contribution in [0.25, 0.3) is 0 Å². The molecule has 1 aromatic heterocycles. The molecule has 4 aromatic rings. The van der Waals surface area contributed by atoms with E-state index in [4.69, 9.17) is 19.5 Å². The summed E-state index contributed by atoms with van der Waals surface area (Å²) in [6, 6.07) is 26.1. The van der Waals surface area contributed by atoms with Crippen LogP contribution in [0.3, 0.4) is 0 Å². The maximum Gasteiger partial charge on any atom is 0.216 e. The first kappa shape index (κ1) is 28.6. The van der Waals surface area contributed by atoms with Gasteiger partial charge in [0, 0.05) is 23.2 Å². The molecule has 1 fully saturated rings. The zero-order valence-electron chi connectivity index (χ0n) is 26.9. The zero-order valence-corrected chi connectivity index (χ0v) is 26.9. The van der Waals surface area contributed by atoms with Crippen molar-refractivity contribution in [1.29, 1.82) is 0 Å². The van der Waals surface area contributed by atoms with Crippen molar-refractivity contribution in [3.63, 3.8) is 0 Å². The standard InChI is InChI=1S/C39H43N3O2/c1-25-19-27(37-41-33(24-43-37)26-11-7-8-12-26)21-30(20-25)44-29-15-16-32-35(23-29)42(34-14-10-9-13-31(34)39(32,5)6)36-22-28(17-18-40-36)38(2,3)4/h9-10,13-23,26,33H,7-8,11-12,24H2,1-6H3/t33-/m0/s1. The van der Waals surface area contributed by atoms with Gasteiger partial charge in [-0.3, -0.25) is 4.90 Å². The first-order chi connectivity index (χ1) is 21.1. The van der Waals surface area contributed by atoms with Gasteiger partial charge in [-0.15, -0.1) is 0 Å². The van der Waals surface area contributed by atoms with Crippen molar-refractivity contribution in [2.75, 3.05) is 11.5 Å². The molecule has 0 spiro atoms. The van der Waals surface area contributed by atoms with Crippen molar-refractivity contribution in [2.24, 2.45) is 10.9 Å². The lowest BCUT2D eigenvalue weighted by Gasteiger charge is -2.41. The minimum absolute atomic E-state index is 0.00732. The monoisotopic (exact) mass is 585 g/mol. The highest BCUT2D eigenvalue weighted by molar-refractivity contribution is 5.96. The number of anilines is 3. The van der Waals surface area contributed by atoms with Gasteiger partial charge in [0.25, 0.3) is 0 Å². The van der Waals surface area contributed by atoms with Crippen molar-refractivity contribution in [1.82, 2.24) is 4.98 Å². The van der Waals surface area contributed by atoms with Crippen LogP contribution in [0.4, 0.5) is 17.2 Å². The molecule has 1 saturated carbocycles. The summed E-state index contributed by atoms with van der Waals surface area (Å²) in [6.45, 7) is 14.1. The minimum Gasteiger partial charge on any atom is -0.475 e. The van der Waals surface area contributed by atoms with E-state index in [1.54, 1.807) is 0 Å². The number of aliphatic imine (C=N–C) groups is 1. The second kappa shape index (κ2) is 10.8. The fraction of sp³-hybridized carbons (Fsp3) is 0.385. The molecule has 0 amide bonds. The molecule has 7 rings (SSSR count). The van der Waals surface area contributed by atoms with E-state index in [9.17, 15) is 0 Å². The quantitative estimate of drug-likeness (QED) is 0.234. The van der Waals surface area contributed by atoms with Crippen LogP contribution in [-0.2, 0) is 15.6 Å². The van der Waals surface area contributed by atoms with Crippen LogP contribution in [0, 0.1) is 12.8 Å². The molecule has 226 valence electrons. The van der Waals surface area contributed by atoms with Crippen molar-refractivity contribution in [3.05, 3.63) is 107 Å². The van der Waals surface area contributed by atoms with E-state index in [0.29, 0.717) is 12.5 Å². The summed E-state index contributed by atoms with van der Waals surface area (Å²) in [5.74, 6) is 3.87. The maximum atomic E-state index is 6.61. The van der Waals surface area contributed by atoms with E-state index in [0.717, 1.165) is 45.7 Å². The second-order valence-corrected chi connectivity index (χ2v) is 14.3. The number of hydrogen-bond donors (Lipinski definition) is 0. The molecule has 3 aliphatic rings. The molecule has 0 unspecified atom stereocenters. The zero-order chi connectivity index (χ0) is 30.6. The molecule has 1 atom stereocenters. The van der Waals surface area contributed by atoms with E-state index in [1.807, 2.05) is 6.20 Å². The van der Waals surface area contributed by atoms with Gasteiger partial charge in [-0.05, 0) is 95.8 Å². The number of nitrogens with zero attached hydrogens (tertiary/aromatic N) is 3. The molecule has 44 heavy (non-hydrogen) atoms. The Labute approximate surface area is 262 Å². The highest BCUT2D eigenvalue weighted by atomic mass is 16.5. The SMILES string of the molecule is Cc1cc(Oc2ccc3c(c2)N(c2cc(C(C)(C)C)ccn2)c2ccccc2C3(C)C)cc(C2=N[C@H](C3CCCC3)CO2)c1. The van der Waals surface area contributed by atoms with E-state index in [-0.39, 0.29) is 16.9 Å². The van der Waals surface area contributed by atoms with Crippen molar-refractivity contribution in [3.8, 4) is 11.5 Å². The summed E-state index contributed by atoms with van der Waals surface area (Å²) in [6.07, 6.45) is 7.08. The highest BCUT2D eigenvalue weighted by Crippen LogP contribution is 2.52. The van der Waals surface area contributed by atoms with Gasteiger partial charge in [-0.1, -0.05) is 71.7 Å². The molecule has 3 aromatic carbocycles. The van der Waals surface area contributed by atoms with Gasteiger partial charge >= 0.3 is 0 Å². The average Bonchev–Trinajstić information content (AvgIpc) is 3.70. The molecule has 5 heteroatoms. The topological polar surface area (TPSA) is 47.0 Å². The van der Waals surface area contributed by atoms with Gasteiger partial charge in [0.15, 0.2) is 0 Å². The fourth-order valence-corrected chi connectivity index (χ4v) is 7.21. The lowest BCUT2D eigenvalue weighted by molar-refractivity contribution is 0.279. The van der Waals surface area contributed by atoms with Crippen LogP contribution in [0.1, 0.15) is 88.1 Å². The Hall–Kier alpha value is -4.12. The van der Waals surface area contributed by atoms with Crippen LogP contribution < -0.4 is 9.64 Å². The number of aromatic nitrogens is 1. The first-order valence-corrected chi connectivity index (χ1v) is 16.1. The molecule has 1 aliphatic carbocycles. The van der Waals surface area contributed by atoms with Gasteiger partial charge in [-0.2, -0.15) is 0 Å². The lowest BCUT2D eigenvalue weighted by atomic mass is 9.73. The number of fused-ring (bicyclic) bond motifs is 2.